The first-order chi connectivity index (χ1) is 7.76. The van der Waals surface area contributed by atoms with Gasteiger partial charge in [0.2, 0.25) is 0 Å². The van der Waals surface area contributed by atoms with Crippen LogP contribution in [0.1, 0.15) is 17.0 Å². The fourth-order valence-corrected chi connectivity index (χ4v) is 1.95. The smallest absolute Gasteiger partial charge is 0.110 e. The monoisotopic (exact) mass is 275 g/mol. The fourth-order valence-electron chi connectivity index (χ4n) is 1.60. The van der Waals surface area contributed by atoms with Gasteiger partial charge >= 0.3 is 0 Å². The molecule has 0 spiro atoms. The summed E-state index contributed by atoms with van der Waals surface area (Å²) in [5.41, 5.74) is 2.64. The van der Waals surface area contributed by atoms with E-state index >= 15 is 0 Å². The van der Waals surface area contributed by atoms with Crippen LogP contribution in [0.2, 0.25) is 0 Å². The van der Waals surface area contributed by atoms with Crippen LogP contribution >= 0.6 is 15.9 Å². The molecule has 0 aliphatic rings. The number of hydrogen-bond acceptors (Lipinski definition) is 2. The number of halogens is 1. The molecule has 0 amide bonds. The highest BCUT2D eigenvalue weighted by Gasteiger charge is 2.07. The average molecular weight is 276 g/mol. The predicted molar refractivity (Wildman–Crippen MR) is 65.6 cm³/mol. The maximum absolute atomic E-state index is 9.13. The largest absolute Gasteiger partial charge is 0.303 e. The lowest BCUT2D eigenvalue weighted by molar-refractivity contribution is 0.969. The van der Waals surface area contributed by atoms with Crippen LogP contribution in [0.5, 0.6) is 0 Å². The van der Waals surface area contributed by atoms with Gasteiger partial charge in [-0.3, -0.25) is 0 Å². The molecule has 0 saturated heterocycles. The quantitative estimate of drug-likeness (QED) is 0.791. The molecule has 0 unspecified atom stereocenters. The molecule has 16 heavy (non-hydrogen) atoms. The molecule has 1 heterocycles. The first kappa shape index (κ1) is 10.9. The minimum atomic E-state index is 0.665. The summed E-state index contributed by atoms with van der Waals surface area (Å²) >= 11 is 3.38. The summed E-state index contributed by atoms with van der Waals surface area (Å²) in [6.45, 7) is 1.92. The number of aromatic nitrogens is 2. The number of nitrogens with zero attached hydrogens (tertiary/aromatic N) is 3. The first-order valence-electron chi connectivity index (χ1n) is 4.85. The summed E-state index contributed by atoms with van der Waals surface area (Å²) in [6, 6.07) is 8.06. The van der Waals surface area contributed by atoms with E-state index in [1.165, 1.54) is 0 Å². The van der Waals surface area contributed by atoms with Crippen LogP contribution in [0, 0.1) is 18.3 Å². The van der Waals surface area contributed by atoms with Gasteiger partial charge in [-0.05, 0) is 24.6 Å². The summed E-state index contributed by atoms with van der Waals surface area (Å²) in [7, 11) is 0. The summed E-state index contributed by atoms with van der Waals surface area (Å²) in [5, 5.41) is 9.88. The highest BCUT2D eigenvalue weighted by Crippen LogP contribution is 2.18. The van der Waals surface area contributed by atoms with Crippen LogP contribution in [-0.4, -0.2) is 9.55 Å². The Morgan fingerprint density at radius 3 is 2.88 bits per heavy atom. The van der Waals surface area contributed by atoms with E-state index in [1.807, 2.05) is 35.9 Å². The highest BCUT2D eigenvalue weighted by molar-refractivity contribution is 9.08. The molecule has 1 aromatic heterocycles. The standard InChI is InChI=1S/C12H10BrN3/c1-9-15-4-5-16(9)12-3-2-10(7-13)6-11(12)8-14/h2-6H,7H2,1H3. The molecule has 0 N–H and O–H groups in total. The van der Waals surface area contributed by atoms with Crippen LogP contribution < -0.4 is 0 Å². The van der Waals surface area contributed by atoms with Crippen molar-refractivity contribution >= 4 is 15.9 Å². The Kier molecular flexibility index (Phi) is 3.07. The molecule has 0 radical (unpaired) electrons. The number of benzene rings is 1. The second kappa shape index (κ2) is 4.50. The SMILES string of the molecule is Cc1nccn1-c1ccc(CBr)cc1C#N. The molecule has 3 nitrogen and oxygen atoms in total. The van der Waals surface area contributed by atoms with E-state index in [0.29, 0.717) is 5.56 Å². The van der Waals surface area contributed by atoms with E-state index < -0.39 is 0 Å². The topological polar surface area (TPSA) is 41.6 Å². The summed E-state index contributed by atoms with van der Waals surface area (Å²) in [6.07, 6.45) is 3.59. The molecule has 80 valence electrons. The van der Waals surface area contributed by atoms with Gasteiger partial charge in [-0.15, -0.1) is 0 Å². The normalized spacial score (nSPS) is 10.1. The van der Waals surface area contributed by atoms with E-state index in [0.717, 1.165) is 22.4 Å². The average Bonchev–Trinajstić information content (AvgIpc) is 2.74. The van der Waals surface area contributed by atoms with Crippen molar-refractivity contribution in [1.29, 1.82) is 5.26 Å². The van der Waals surface area contributed by atoms with E-state index in [1.54, 1.807) is 6.20 Å². The van der Waals surface area contributed by atoms with Gasteiger partial charge in [0.1, 0.15) is 11.9 Å². The maximum Gasteiger partial charge on any atom is 0.110 e. The van der Waals surface area contributed by atoms with Crippen molar-refractivity contribution in [2.75, 3.05) is 0 Å². The first-order valence-corrected chi connectivity index (χ1v) is 5.97. The van der Waals surface area contributed by atoms with E-state index in [4.69, 9.17) is 5.26 Å². The minimum Gasteiger partial charge on any atom is -0.303 e. The van der Waals surface area contributed by atoms with Crippen LogP contribution in [0.15, 0.2) is 30.6 Å². The van der Waals surface area contributed by atoms with E-state index in [2.05, 4.69) is 27.0 Å². The zero-order chi connectivity index (χ0) is 11.5. The molecule has 2 rings (SSSR count). The molecule has 4 heteroatoms. The van der Waals surface area contributed by atoms with Crippen molar-refractivity contribution in [1.82, 2.24) is 9.55 Å². The summed E-state index contributed by atoms with van der Waals surface area (Å²) < 4.78 is 1.91. The molecule has 0 atom stereocenters. The Morgan fingerprint density at radius 2 is 2.31 bits per heavy atom. The number of alkyl halides is 1. The van der Waals surface area contributed by atoms with Crippen LogP contribution in [-0.2, 0) is 5.33 Å². The van der Waals surface area contributed by atoms with Crippen molar-refractivity contribution in [3.05, 3.63) is 47.5 Å². The van der Waals surface area contributed by atoms with Crippen LogP contribution in [0.4, 0.5) is 0 Å². The lowest BCUT2D eigenvalue weighted by Gasteiger charge is -2.08. The van der Waals surface area contributed by atoms with Crippen molar-refractivity contribution in [2.45, 2.75) is 12.3 Å². The Balaban J connectivity index is 2.59. The third-order valence-electron chi connectivity index (χ3n) is 2.42. The number of aryl methyl sites for hydroxylation is 1. The predicted octanol–water partition coefficient (Wildman–Crippen LogP) is 2.95. The second-order valence-electron chi connectivity index (χ2n) is 3.44. The zero-order valence-electron chi connectivity index (χ0n) is 8.81. The Hall–Kier alpha value is -1.60. The van der Waals surface area contributed by atoms with Gasteiger partial charge in [-0.2, -0.15) is 5.26 Å². The number of rotatable bonds is 2. The second-order valence-corrected chi connectivity index (χ2v) is 4.00. The van der Waals surface area contributed by atoms with Crippen LogP contribution in [0.3, 0.4) is 0 Å². The third-order valence-corrected chi connectivity index (χ3v) is 3.07. The van der Waals surface area contributed by atoms with Crippen LogP contribution in [0.25, 0.3) is 5.69 Å². The molecular formula is C12H10BrN3. The number of hydrogen-bond donors (Lipinski definition) is 0. The molecule has 0 saturated carbocycles. The maximum atomic E-state index is 9.13. The summed E-state index contributed by atoms with van der Waals surface area (Å²) in [4.78, 5) is 4.16. The van der Waals surface area contributed by atoms with Crippen molar-refractivity contribution in [3.8, 4) is 11.8 Å². The molecular weight excluding hydrogens is 266 g/mol. The number of imidazole rings is 1. The lowest BCUT2D eigenvalue weighted by Crippen LogP contribution is -1.99. The molecule has 1 aromatic carbocycles. The summed E-state index contributed by atoms with van der Waals surface area (Å²) in [5.74, 6) is 0.878. The Morgan fingerprint density at radius 1 is 1.50 bits per heavy atom. The zero-order valence-corrected chi connectivity index (χ0v) is 10.4. The molecule has 0 aliphatic heterocycles. The van der Waals surface area contributed by atoms with Gasteiger partial charge in [0.25, 0.3) is 0 Å². The Labute approximate surface area is 102 Å². The van der Waals surface area contributed by atoms with Gasteiger partial charge in [0.05, 0.1) is 11.3 Å². The van der Waals surface area contributed by atoms with Gasteiger partial charge in [0, 0.05) is 17.7 Å². The van der Waals surface area contributed by atoms with Crippen molar-refractivity contribution in [3.63, 3.8) is 0 Å². The van der Waals surface area contributed by atoms with Crippen molar-refractivity contribution in [2.24, 2.45) is 0 Å². The molecule has 0 bridgehead atoms. The Bertz CT molecular complexity index is 552. The third kappa shape index (κ3) is 1.86. The van der Waals surface area contributed by atoms with Gasteiger partial charge in [0.15, 0.2) is 0 Å². The fraction of sp³-hybridized carbons (Fsp3) is 0.167. The van der Waals surface area contributed by atoms with E-state index in [-0.39, 0.29) is 0 Å². The minimum absolute atomic E-state index is 0.665. The van der Waals surface area contributed by atoms with Gasteiger partial charge in [-0.1, -0.05) is 22.0 Å². The van der Waals surface area contributed by atoms with Gasteiger partial charge < -0.3 is 4.57 Å². The molecule has 0 fully saturated rings. The van der Waals surface area contributed by atoms with Gasteiger partial charge in [-0.25, -0.2) is 4.98 Å². The lowest BCUT2D eigenvalue weighted by atomic mass is 10.1. The van der Waals surface area contributed by atoms with Crippen molar-refractivity contribution < 1.29 is 0 Å². The highest BCUT2D eigenvalue weighted by atomic mass is 79.9. The molecule has 2 aromatic rings. The number of nitriles is 1. The van der Waals surface area contributed by atoms with E-state index in [9.17, 15) is 0 Å². The molecule has 0 aliphatic carbocycles.